The minimum absolute atomic E-state index is 0.0305. The van der Waals surface area contributed by atoms with Crippen molar-refractivity contribution in [3.8, 4) is 17.4 Å². The van der Waals surface area contributed by atoms with E-state index in [1.54, 1.807) is 18.2 Å². The highest BCUT2D eigenvalue weighted by atomic mass is 79.9. The second-order valence-electron chi connectivity index (χ2n) is 4.68. The van der Waals surface area contributed by atoms with E-state index in [1.807, 2.05) is 6.92 Å². The first-order valence-electron chi connectivity index (χ1n) is 7.03. The van der Waals surface area contributed by atoms with Crippen LogP contribution in [0.2, 0.25) is 0 Å². The van der Waals surface area contributed by atoms with Crippen molar-refractivity contribution in [2.24, 2.45) is 0 Å². The third-order valence-electron chi connectivity index (χ3n) is 3.05. The molecule has 0 aliphatic rings. The lowest BCUT2D eigenvalue weighted by Crippen LogP contribution is -2.14. The molecule has 0 saturated heterocycles. The Hall–Kier alpha value is -2.88. The number of nitrogens with zero attached hydrogens (tertiary/aromatic N) is 2. The molecule has 2 rings (SSSR count). The summed E-state index contributed by atoms with van der Waals surface area (Å²) in [6, 6.07) is 3.46. The van der Waals surface area contributed by atoms with Gasteiger partial charge in [-0.25, -0.2) is 0 Å². The predicted octanol–water partition coefficient (Wildman–Crippen LogP) is 2.72. The van der Waals surface area contributed by atoms with Crippen LogP contribution in [0.15, 0.2) is 21.4 Å². The van der Waals surface area contributed by atoms with E-state index in [0.717, 1.165) is 0 Å². The summed E-state index contributed by atoms with van der Waals surface area (Å²) in [5, 5.41) is 20.2. The van der Waals surface area contributed by atoms with Crippen molar-refractivity contribution in [3.05, 3.63) is 48.5 Å². The van der Waals surface area contributed by atoms with E-state index in [4.69, 9.17) is 9.47 Å². The molecule has 0 bridgehead atoms. The molecule has 1 aromatic carbocycles. The monoisotopic (exact) mass is 411 g/mol. The molecule has 1 heterocycles. The number of aromatic amines is 1. The number of halogens is 1. The smallest absolute Gasteiger partial charge is 0.395 e. The van der Waals surface area contributed by atoms with Gasteiger partial charge >= 0.3 is 11.2 Å². The normalized spacial score (nSPS) is 10.8. The number of nitro groups is 1. The number of benzene rings is 1. The molecule has 0 fully saturated rings. The predicted molar refractivity (Wildman–Crippen MR) is 94.0 cm³/mol. The Bertz CT molecular complexity index is 894. The first-order chi connectivity index (χ1) is 11.9. The van der Waals surface area contributed by atoms with Crippen LogP contribution in [0.5, 0.6) is 17.4 Å². The highest BCUT2D eigenvalue weighted by Gasteiger charge is 2.21. The number of aromatic nitrogens is 2. The summed E-state index contributed by atoms with van der Waals surface area (Å²) in [6.07, 6.45) is 2.99. The fraction of sp³-hybridized carbons (Fsp3) is 0.200. The largest absolute Gasteiger partial charge is 0.493 e. The van der Waals surface area contributed by atoms with E-state index in [1.165, 1.54) is 13.2 Å². The van der Waals surface area contributed by atoms with Crippen LogP contribution in [0.4, 0.5) is 5.69 Å². The van der Waals surface area contributed by atoms with E-state index in [2.05, 4.69) is 25.9 Å². The van der Waals surface area contributed by atoms with Gasteiger partial charge in [0.25, 0.3) is 5.88 Å². The van der Waals surface area contributed by atoms with E-state index in [0.29, 0.717) is 28.1 Å². The minimum Gasteiger partial charge on any atom is -0.493 e. The lowest BCUT2D eigenvalue weighted by atomic mass is 10.2. The Balaban J connectivity index is 2.38. The third kappa shape index (κ3) is 4.15. The maximum absolute atomic E-state index is 11.6. The van der Waals surface area contributed by atoms with Crippen LogP contribution in [0.3, 0.4) is 0 Å². The molecule has 25 heavy (non-hydrogen) atoms. The summed E-state index contributed by atoms with van der Waals surface area (Å²) in [6.45, 7) is 2.32. The Morgan fingerprint density at radius 3 is 2.72 bits per heavy atom. The second kappa shape index (κ2) is 7.79. The van der Waals surface area contributed by atoms with E-state index in [-0.39, 0.29) is 5.82 Å². The van der Waals surface area contributed by atoms with Crippen molar-refractivity contribution in [2.45, 2.75) is 6.92 Å². The summed E-state index contributed by atoms with van der Waals surface area (Å²) in [4.78, 5) is 27.1. The Labute approximate surface area is 150 Å². The molecular weight excluding hydrogens is 398 g/mol. The molecule has 0 aliphatic carbocycles. The van der Waals surface area contributed by atoms with Crippen LogP contribution >= 0.6 is 15.9 Å². The zero-order valence-corrected chi connectivity index (χ0v) is 14.9. The SMILES string of the molecule is CCOc1c(Br)cc(/C=C/c2nc(O)c([N+](=O)[O-])c(=O)[nH]2)cc1OC. The third-order valence-corrected chi connectivity index (χ3v) is 3.64. The molecule has 2 aromatic rings. The van der Waals surface area contributed by atoms with Crippen LogP contribution in [0.1, 0.15) is 18.3 Å². The molecule has 9 nitrogen and oxygen atoms in total. The zero-order valence-electron chi connectivity index (χ0n) is 13.3. The standard InChI is InChI=1S/C15H14BrN3O6/c1-3-25-13-9(16)6-8(7-10(13)24-2)4-5-11-17-14(20)12(19(22)23)15(21)18-11/h4-7H,3H2,1-2H3,(H2,17,18,20,21)/b5-4+. The van der Waals surface area contributed by atoms with Crippen molar-refractivity contribution in [1.82, 2.24) is 9.97 Å². The summed E-state index contributed by atoms with van der Waals surface area (Å²) < 4.78 is 11.4. The molecule has 0 unspecified atom stereocenters. The second-order valence-corrected chi connectivity index (χ2v) is 5.54. The van der Waals surface area contributed by atoms with Gasteiger partial charge in [-0.1, -0.05) is 6.08 Å². The van der Waals surface area contributed by atoms with Crippen LogP contribution in [-0.4, -0.2) is 33.7 Å². The summed E-state index contributed by atoms with van der Waals surface area (Å²) in [5.74, 6) is 0.0847. The highest BCUT2D eigenvalue weighted by molar-refractivity contribution is 9.10. The van der Waals surface area contributed by atoms with Crippen molar-refractivity contribution in [2.75, 3.05) is 13.7 Å². The van der Waals surface area contributed by atoms with Gasteiger partial charge in [0.05, 0.1) is 23.1 Å². The fourth-order valence-corrected chi connectivity index (χ4v) is 2.59. The van der Waals surface area contributed by atoms with Gasteiger partial charge in [-0.3, -0.25) is 14.9 Å². The summed E-state index contributed by atoms with van der Waals surface area (Å²) in [5.41, 5.74) is -1.35. The summed E-state index contributed by atoms with van der Waals surface area (Å²) in [7, 11) is 1.51. The van der Waals surface area contributed by atoms with Crippen molar-refractivity contribution >= 4 is 33.8 Å². The average Bonchev–Trinajstić information content (AvgIpc) is 2.54. The number of aromatic hydroxyl groups is 1. The molecule has 0 aliphatic heterocycles. The first-order valence-corrected chi connectivity index (χ1v) is 7.82. The quantitative estimate of drug-likeness (QED) is 0.552. The van der Waals surface area contributed by atoms with Gasteiger partial charge in [-0.05, 0) is 46.6 Å². The maximum Gasteiger partial charge on any atom is 0.395 e. The number of rotatable bonds is 6. The lowest BCUT2D eigenvalue weighted by molar-refractivity contribution is -0.387. The maximum atomic E-state index is 11.6. The van der Waals surface area contributed by atoms with E-state index in [9.17, 15) is 20.0 Å². The van der Waals surface area contributed by atoms with Crippen LogP contribution < -0.4 is 15.0 Å². The van der Waals surface area contributed by atoms with Crippen LogP contribution in [0, 0.1) is 10.1 Å². The molecule has 0 saturated carbocycles. The Morgan fingerprint density at radius 1 is 1.44 bits per heavy atom. The van der Waals surface area contributed by atoms with Crippen LogP contribution in [-0.2, 0) is 0 Å². The fourth-order valence-electron chi connectivity index (χ4n) is 2.01. The lowest BCUT2D eigenvalue weighted by Gasteiger charge is -2.12. The molecule has 1 aromatic heterocycles. The van der Waals surface area contributed by atoms with Crippen molar-refractivity contribution < 1.29 is 19.5 Å². The van der Waals surface area contributed by atoms with E-state index >= 15 is 0 Å². The number of H-pyrrole nitrogens is 1. The van der Waals surface area contributed by atoms with E-state index < -0.39 is 22.0 Å². The first kappa shape index (κ1) is 18.5. The van der Waals surface area contributed by atoms with Gasteiger partial charge in [0.1, 0.15) is 5.82 Å². The average molecular weight is 412 g/mol. The number of hydrogen-bond acceptors (Lipinski definition) is 7. The topological polar surface area (TPSA) is 128 Å². The summed E-state index contributed by atoms with van der Waals surface area (Å²) >= 11 is 3.39. The zero-order chi connectivity index (χ0) is 18.6. The molecule has 10 heteroatoms. The molecule has 2 N–H and O–H groups in total. The molecule has 0 atom stereocenters. The van der Waals surface area contributed by atoms with Gasteiger partial charge < -0.3 is 19.6 Å². The van der Waals surface area contributed by atoms with Gasteiger partial charge in [0, 0.05) is 0 Å². The van der Waals surface area contributed by atoms with Gasteiger partial charge in [-0.2, -0.15) is 4.98 Å². The Kier molecular flexibility index (Phi) is 5.75. The van der Waals surface area contributed by atoms with Crippen molar-refractivity contribution in [1.29, 1.82) is 0 Å². The molecule has 0 radical (unpaired) electrons. The molecule has 132 valence electrons. The molecule has 0 amide bonds. The van der Waals surface area contributed by atoms with Crippen LogP contribution in [0.25, 0.3) is 12.2 Å². The number of ether oxygens (including phenoxy) is 2. The van der Waals surface area contributed by atoms with Gasteiger partial charge in [-0.15, -0.1) is 0 Å². The number of methoxy groups -OCH3 is 1. The van der Waals surface area contributed by atoms with Gasteiger partial charge in [0.15, 0.2) is 11.5 Å². The minimum atomic E-state index is -1.04. The molecular formula is C15H14BrN3O6. The van der Waals surface area contributed by atoms with Crippen molar-refractivity contribution in [3.63, 3.8) is 0 Å². The number of nitrogens with one attached hydrogen (secondary N) is 1. The Morgan fingerprint density at radius 2 is 2.16 bits per heavy atom. The molecule has 0 spiro atoms. The number of hydrogen-bond donors (Lipinski definition) is 2. The van der Waals surface area contributed by atoms with Gasteiger partial charge in [0.2, 0.25) is 0 Å². The highest BCUT2D eigenvalue weighted by Crippen LogP contribution is 2.37.